The summed E-state index contributed by atoms with van der Waals surface area (Å²) in [6, 6.07) is 0.638. The van der Waals surface area contributed by atoms with Gasteiger partial charge < -0.3 is 0 Å². The third-order valence-electron chi connectivity index (χ3n) is 2.80. The summed E-state index contributed by atoms with van der Waals surface area (Å²) in [5, 5.41) is 0. The van der Waals surface area contributed by atoms with Crippen molar-refractivity contribution < 1.29 is 0 Å². The first kappa shape index (κ1) is 12.6. The number of nitrogens with zero attached hydrogens (tertiary/aromatic N) is 2. The Morgan fingerprint density at radius 3 is 2.08 bits per heavy atom. The second-order valence-corrected chi connectivity index (χ2v) is 3.96. The van der Waals surface area contributed by atoms with Crippen LogP contribution in [0.3, 0.4) is 0 Å². The molecule has 0 heterocycles. The Bertz CT molecular complexity index is 157. The Morgan fingerprint density at radius 2 is 1.77 bits per heavy atom. The van der Waals surface area contributed by atoms with Crippen LogP contribution in [0.5, 0.6) is 0 Å². The van der Waals surface area contributed by atoms with E-state index in [0.717, 1.165) is 0 Å². The topological polar surface area (TPSA) is 15.6 Å². The lowest BCUT2D eigenvalue weighted by atomic mass is 10.1. The van der Waals surface area contributed by atoms with Crippen molar-refractivity contribution in [2.24, 2.45) is 4.99 Å². The van der Waals surface area contributed by atoms with Crippen LogP contribution < -0.4 is 0 Å². The van der Waals surface area contributed by atoms with Crippen LogP contribution >= 0.6 is 0 Å². The molecule has 0 spiro atoms. The standard InChI is InChI=1S/C11H24N2/c1-7-10(8-2)13(6)11(4,5)12-9-3/h9-10H,7-8H2,1-6H3/b12-9-. The molecule has 0 N–H and O–H groups in total. The lowest BCUT2D eigenvalue weighted by molar-refractivity contribution is 0.103. The van der Waals surface area contributed by atoms with Crippen LogP contribution in [-0.4, -0.2) is 29.9 Å². The lowest BCUT2D eigenvalue weighted by Crippen LogP contribution is -2.45. The van der Waals surface area contributed by atoms with Crippen molar-refractivity contribution in [2.45, 2.75) is 59.2 Å². The minimum atomic E-state index is -0.0641. The van der Waals surface area contributed by atoms with E-state index in [4.69, 9.17) is 0 Å². The van der Waals surface area contributed by atoms with Crippen molar-refractivity contribution >= 4 is 6.21 Å². The van der Waals surface area contributed by atoms with Crippen molar-refractivity contribution in [3.05, 3.63) is 0 Å². The Morgan fingerprint density at radius 1 is 1.31 bits per heavy atom. The number of aliphatic imine (C=N–C) groups is 1. The normalized spacial score (nSPS) is 13.5. The second-order valence-electron chi connectivity index (χ2n) is 3.96. The molecule has 0 aromatic carbocycles. The molecule has 0 unspecified atom stereocenters. The second kappa shape index (κ2) is 5.38. The van der Waals surface area contributed by atoms with E-state index in [2.05, 4.69) is 44.6 Å². The van der Waals surface area contributed by atoms with Crippen molar-refractivity contribution in [3.63, 3.8) is 0 Å². The molecule has 0 amide bonds. The summed E-state index contributed by atoms with van der Waals surface area (Å²) in [6.45, 7) is 10.8. The van der Waals surface area contributed by atoms with Crippen LogP contribution in [0.2, 0.25) is 0 Å². The van der Waals surface area contributed by atoms with Gasteiger partial charge in [-0.2, -0.15) is 0 Å². The van der Waals surface area contributed by atoms with E-state index in [-0.39, 0.29) is 5.66 Å². The van der Waals surface area contributed by atoms with Gasteiger partial charge in [-0.05, 0) is 46.9 Å². The minimum Gasteiger partial charge on any atom is -0.280 e. The summed E-state index contributed by atoms with van der Waals surface area (Å²) >= 11 is 0. The van der Waals surface area contributed by atoms with Crippen LogP contribution in [0.15, 0.2) is 4.99 Å². The highest BCUT2D eigenvalue weighted by atomic mass is 15.3. The average molecular weight is 184 g/mol. The van der Waals surface area contributed by atoms with E-state index in [1.165, 1.54) is 12.8 Å². The maximum absolute atomic E-state index is 4.47. The molecule has 0 atom stereocenters. The predicted molar refractivity (Wildman–Crippen MR) is 60.4 cm³/mol. The number of rotatable bonds is 5. The highest BCUT2D eigenvalue weighted by Crippen LogP contribution is 2.19. The van der Waals surface area contributed by atoms with E-state index in [9.17, 15) is 0 Å². The Balaban J connectivity index is 4.45. The monoisotopic (exact) mass is 184 g/mol. The van der Waals surface area contributed by atoms with Crippen LogP contribution in [0.4, 0.5) is 0 Å². The zero-order valence-corrected chi connectivity index (χ0v) is 9.96. The average Bonchev–Trinajstić information content (AvgIpc) is 2.06. The molecule has 0 aliphatic heterocycles. The molecule has 0 aromatic heterocycles. The van der Waals surface area contributed by atoms with Crippen LogP contribution in [0.1, 0.15) is 47.5 Å². The lowest BCUT2D eigenvalue weighted by Gasteiger charge is -2.37. The van der Waals surface area contributed by atoms with Crippen molar-refractivity contribution in [1.82, 2.24) is 4.90 Å². The molecular formula is C11H24N2. The molecule has 13 heavy (non-hydrogen) atoms. The first-order valence-electron chi connectivity index (χ1n) is 5.22. The number of hydrogen-bond acceptors (Lipinski definition) is 2. The fraction of sp³-hybridized carbons (Fsp3) is 0.909. The predicted octanol–water partition coefficient (Wildman–Crippen LogP) is 2.93. The molecule has 0 saturated carbocycles. The first-order valence-corrected chi connectivity index (χ1v) is 5.22. The Hall–Kier alpha value is -0.370. The zero-order valence-electron chi connectivity index (χ0n) is 9.96. The van der Waals surface area contributed by atoms with Gasteiger partial charge in [-0.3, -0.25) is 9.89 Å². The van der Waals surface area contributed by atoms with Gasteiger partial charge in [0.2, 0.25) is 0 Å². The Kier molecular flexibility index (Phi) is 5.23. The molecule has 2 heteroatoms. The summed E-state index contributed by atoms with van der Waals surface area (Å²) in [6.07, 6.45) is 4.27. The summed E-state index contributed by atoms with van der Waals surface area (Å²) in [7, 11) is 2.16. The molecule has 2 nitrogen and oxygen atoms in total. The minimum absolute atomic E-state index is 0.0641. The van der Waals surface area contributed by atoms with E-state index in [0.29, 0.717) is 6.04 Å². The maximum Gasteiger partial charge on any atom is 0.107 e. The van der Waals surface area contributed by atoms with E-state index in [1.54, 1.807) is 0 Å². The van der Waals surface area contributed by atoms with Crippen LogP contribution in [0.25, 0.3) is 0 Å². The van der Waals surface area contributed by atoms with Gasteiger partial charge in [-0.1, -0.05) is 13.8 Å². The fourth-order valence-corrected chi connectivity index (χ4v) is 1.69. The molecular weight excluding hydrogens is 160 g/mol. The molecule has 0 aliphatic carbocycles. The largest absolute Gasteiger partial charge is 0.280 e. The highest BCUT2D eigenvalue weighted by Gasteiger charge is 2.25. The van der Waals surface area contributed by atoms with Gasteiger partial charge >= 0.3 is 0 Å². The fourth-order valence-electron chi connectivity index (χ4n) is 1.69. The van der Waals surface area contributed by atoms with Crippen LogP contribution in [0, 0.1) is 0 Å². The maximum atomic E-state index is 4.47. The third-order valence-corrected chi connectivity index (χ3v) is 2.80. The number of hydrogen-bond donors (Lipinski definition) is 0. The van der Waals surface area contributed by atoms with E-state index < -0.39 is 0 Å². The summed E-state index contributed by atoms with van der Waals surface area (Å²) < 4.78 is 0. The van der Waals surface area contributed by atoms with Gasteiger partial charge in [-0.15, -0.1) is 0 Å². The van der Waals surface area contributed by atoms with Crippen molar-refractivity contribution in [3.8, 4) is 0 Å². The Labute approximate surface area is 83.0 Å². The summed E-state index contributed by atoms with van der Waals surface area (Å²) in [4.78, 5) is 6.83. The molecule has 0 bridgehead atoms. The molecule has 0 aliphatic rings. The molecule has 0 fully saturated rings. The van der Waals surface area contributed by atoms with Crippen molar-refractivity contribution in [2.75, 3.05) is 7.05 Å². The molecule has 0 saturated heterocycles. The van der Waals surface area contributed by atoms with Gasteiger partial charge in [-0.25, -0.2) is 0 Å². The third kappa shape index (κ3) is 3.47. The molecule has 78 valence electrons. The molecule has 0 aromatic rings. The van der Waals surface area contributed by atoms with Crippen LogP contribution in [-0.2, 0) is 0 Å². The van der Waals surface area contributed by atoms with Gasteiger partial charge in [0, 0.05) is 6.04 Å². The summed E-state index contributed by atoms with van der Waals surface area (Å²) in [5.74, 6) is 0. The van der Waals surface area contributed by atoms with Gasteiger partial charge in [0.1, 0.15) is 5.66 Å². The van der Waals surface area contributed by atoms with E-state index >= 15 is 0 Å². The smallest absolute Gasteiger partial charge is 0.107 e. The first-order chi connectivity index (χ1) is 5.99. The highest BCUT2D eigenvalue weighted by molar-refractivity contribution is 5.53. The summed E-state index contributed by atoms with van der Waals surface area (Å²) in [5.41, 5.74) is -0.0641. The zero-order chi connectivity index (χ0) is 10.5. The van der Waals surface area contributed by atoms with Gasteiger partial charge in [0.05, 0.1) is 0 Å². The quantitative estimate of drug-likeness (QED) is 0.600. The van der Waals surface area contributed by atoms with Crippen molar-refractivity contribution in [1.29, 1.82) is 0 Å². The molecule has 0 rings (SSSR count). The SMILES string of the molecule is C/C=N\C(C)(C)N(C)C(CC)CC. The molecule has 0 radical (unpaired) electrons. The van der Waals surface area contributed by atoms with Gasteiger partial charge in [0.25, 0.3) is 0 Å². The van der Waals surface area contributed by atoms with E-state index in [1.807, 2.05) is 13.1 Å². The van der Waals surface area contributed by atoms with Gasteiger partial charge in [0.15, 0.2) is 0 Å².